The van der Waals surface area contributed by atoms with E-state index in [4.69, 9.17) is 0 Å². The van der Waals surface area contributed by atoms with E-state index < -0.39 is 17.3 Å². The average Bonchev–Trinajstić information content (AvgIpc) is 2.57. The normalized spacial score (nSPS) is 32.8. The molecule has 1 aliphatic carbocycles. The van der Waals surface area contributed by atoms with Gasteiger partial charge in [-0.15, -0.1) is 0 Å². The Morgan fingerprint density at radius 2 is 1.62 bits per heavy atom. The lowest BCUT2D eigenvalue weighted by molar-refractivity contribution is -0.154. The molecule has 1 saturated carbocycles. The van der Waals surface area contributed by atoms with E-state index in [2.05, 4.69) is 0 Å². The predicted octanol–water partition coefficient (Wildman–Crippen LogP) is 2.22. The molecule has 0 saturated heterocycles. The van der Waals surface area contributed by atoms with Crippen molar-refractivity contribution in [1.29, 1.82) is 0 Å². The Morgan fingerprint density at radius 3 is 2.05 bits per heavy atom. The van der Waals surface area contributed by atoms with Gasteiger partial charge in [-0.1, -0.05) is 20.8 Å². The van der Waals surface area contributed by atoms with Crippen LogP contribution in [0.3, 0.4) is 0 Å². The molecule has 0 radical (unpaired) electrons. The van der Waals surface area contributed by atoms with Crippen molar-refractivity contribution in [3.63, 3.8) is 0 Å². The maximum atomic E-state index is 12.3. The number of hydrogen-bond acceptors (Lipinski definition) is 3. The molecule has 2 amide bonds. The summed E-state index contributed by atoms with van der Waals surface area (Å²) in [6.45, 7) is 9.13. The van der Waals surface area contributed by atoms with Crippen molar-refractivity contribution in [3.8, 4) is 0 Å². The maximum absolute atomic E-state index is 12.3. The molecule has 21 heavy (non-hydrogen) atoms. The second-order valence-corrected chi connectivity index (χ2v) is 6.88. The zero-order valence-corrected chi connectivity index (χ0v) is 13.3. The summed E-state index contributed by atoms with van der Waals surface area (Å²) in [6, 6.07) is -0.219. The zero-order chi connectivity index (χ0) is 16.1. The molecule has 2 rings (SSSR count). The van der Waals surface area contributed by atoms with Crippen LogP contribution in [0.1, 0.15) is 47.5 Å². The molecule has 0 aromatic heterocycles. The largest absolute Gasteiger partial charge is 0.481 e. The van der Waals surface area contributed by atoms with Gasteiger partial charge in [0.25, 0.3) is 11.8 Å². The highest BCUT2D eigenvalue weighted by atomic mass is 16.4. The number of carbonyl (C=O) groups excluding carboxylic acids is 2. The van der Waals surface area contributed by atoms with Crippen LogP contribution in [0, 0.1) is 17.3 Å². The van der Waals surface area contributed by atoms with Gasteiger partial charge in [0.15, 0.2) is 0 Å². The van der Waals surface area contributed by atoms with Crippen molar-refractivity contribution in [2.24, 2.45) is 17.3 Å². The number of aliphatic carboxylic acids is 1. The van der Waals surface area contributed by atoms with E-state index in [1.54, 1.807) is 13.8 Å². The molecule has 1 aliphatic heterocycles. The lowest BCUT2D eigenvalue weighted by Gasteiger charge is -2.48. The van der Waals surface area contributed by atoms with Gasteiger partial charge >= 0.3 is 5.97 Å². The Kier molecular flexibility index (Phi) is 3.72. The van der Waals surface area contributed by atoms with Crippen LogP contribution in [0.5, 0.6) is 0 Å². The van der Waals surface area contributed by atoms with E-state index in [0.29, 0.717) is 24.0 Å². The fourth-order valence-electron chi connectivity index (χ4n) is 3.64. The van der Waals surface area contributed by atoms with Crippen molar-refractivity contribution < 1.29 is 19.5 Å². The minimum Gasteiger partial charge on any atom is -0.481 e. The van der Waals surface area contributed by atoms with Crippen LogP contribution < -0.4 is 0 Å². The Labute approximate surface area is 125 Å². The van der Waals surface area contributed by atoms with E-state index in [-0.39, 0.29) is 23.8 Å². The summed E-state index contributed by atoms with van der Waals surface area (Å²) in [5.41, 5.74) is 0.551. The van der Waals surface area contributed by atoms with Gasteiger partial charge in [-0.3, -0.25) is 19.3 Å². The third-order valence-corrected chi connectivity index (χ3v) is 5.67. The van der Waals surface area contributed by atoms with E-state index in [0.717, 1.165) is 0 Å². The molecule has 2 aliphatic rings. The van der Waals surface area contributed by atoms with Crippen LogP contribution in [-0.4, -0.2) is 33.8 Å². The predicted molar refractivity (Wildman–Crippen MR) is 77.3 cm³/mol. The van der Waals surface area contributed by atoms with Crippen LogP contribution >= 0.6 is 0 Å². The molecule has 5 nitrogen and oxygen atoms in total. The number of amides is 2. The molecule has 0 aromatic carbocycles. The number of hydrogen-bond donors (Lipinski definition) is 1. The molecular formula is C16H23NO4. The third-order valence-electron chi connectivity index (χ3n) is 5.67. The number of nitrogens with zero attached hydrogens (tertiary/aromatic N) is 1. The van der Waals surface area contributed by atoms with Gasteiger partial charge in [-0.05, 0) is 38.0 Å². The number of carbonyl (C=O) groups is 3. The molecule has 0 aromatic rings. The molecule has 3 unspecified atom stereocenters. The highest BCUT2D eigenvalue weighted by Crippen LogP contribution is 2.47. The van der Waals surface area contributed by atoms with Crippen LogP contribution in [0.15, 0.2) is 11.1 Å². The summed E-state index contributed by atoms with van der Waals surface area (Å²) in [4.78, 5) is 37.4. The SMILES string of the molecule is CC1=C(C)C(=O)N(C2CCC(C(=O)O)C(C)(C)C2C)C1=O. The van der Waals surface area contributed by atoms with Gasteiger partial charge in [0.1, 0.15) is 0 Å². The van der Waals surface area contributed by atoms with Crippen molar-refractivity contribution in [1.82, 2.24) is 4.90 Å². The van der Waals surface area contributed by atoms with Crippen LogP contribution in [0.4, 0.5) is 0 Å². The van der Waals surface area contributed by atoms with Gasteiger partial charge in [-0.2, -0.15) is 0 Å². The standard InChI is InChI=1S/C16H23NO4/c1-8-9(2)14(19)17(13(8)18)12-7-6-11(15(20)21)16(4,5)10(12)3/h10-12H,6-7H2,1-5H3,(H,20,21). The van der Waals surface area contributed by atoms with Crippen molar-refractivity contribution in [3.05, 3.63) is 11.1 Å². The van der Waals surface area contributed by atoms with Gasteiger partial charge in [-0.25, -0.2) is 0 Å². The second-order valence-electron chi connectivity index (χ2n) is 6.88. The molecule has 5 heteroatoms. The fraction of sp³-hybridized carbons (Fsp3) is 0.688. The summed E-state index contributed by atoms with van der Waals surface area (Å²) < 4.78 is 0. The highest BCUT2D eigenvalue weighted by Gasteiger charge is 2.51. The summed E-state index contributed by atoms with van der Waals surface area (Å²) in [6.07, 6.45) is 1.05. The maximum Gasteiger partial charge on any atom is 0.307 e. The van der Waals surface area contributed by atoms with E-state index in [1.165, 1.54) is 4.90 Å². The Morgan fingerprint density at radius 1 is 1.14 bits per heavy atom. The first-order valence-corrected chi connectivity index (χ1v) is 7.38. The first-order chi connectivity index (χ1) is 9.60. The first-order valence-electron chi connectivity index (χ1n) is 7.38. The average molecular weight is 293 g/mol. The van der Waals surface area contributed by atoms with E-state index in [1.807, 2.05) is 20.8 Å². The third kappa shape index (κ3) is 2.19. The van der Waals surface area contributed by atoms with E-state index in [9.17, 15) is 19.5 Å². The molecule has 3 atom stereocenters. The van der Waals surface area contributed by atoms with Gasteiger partial charge in [0, 0.05) is 17.2 Å². The summed E-state index contributed by atoms with van der Waals surface area (Å²) >= 11 is 0. The Hall–Kier alpha value is -1.65. The zero-order valence-electron chi connectivity index (χ0n) is 13.3. The first kappa shape index (κ1) is 15.7. The number of imide groups is 1. The van der Waals surface area contributed by atoms with Crippen molar-refractivity contribution >= 4 is 17.8 Å². The smallest absolute Gasteiger partial charge is 0.307 e. The van der Waals surface area contributed by atoms with Gasteiger partial charge in [0.05, 0.1) is 5.92 Å². The molecule has 0 spiro atoms. The number of rotatable bonds is 2. The summed E-state index contributed by atoms with van der Waals surface area (Å²) in [7, 11) is 0. The topological polar surface area (TPSA) is 74.7 Å². The fourth-order valence-corrected chi connectivity index (χ4v) is 3.64. The van der Waals surface area contributed by atoms with Crippen LogP contribution in [0.25, 0.3) is 0 Å². The minimum atomic E-state index is -0.796. The lowest BCUT2D eigenvalue weighted by atomic mass is 9.60. The second kappa shape index (κ2) is 4.97. The highest BCUT2D eigenvalue weighted by molar-refractivity contribution is 6.19. The van der Waals surface area contributed by atoms with Crippen LogP contribution in [0.2, 0.25) is 0 Å². The number of carboxylic acids is 1. The molecule has 1 fully saturated rings. The van der Waals surface area contributed by atoms with Crippen molar-refractivity contribution in [2.45, 2.75) is 53.5 Å². The molecule has 116 valence electrons. The summed E-state index contributed by atoms with van der Waals surface area (Å²) in [5.74, 6) is -1.74. The minimum absolute atomic E-state index is 0.0565. The Balaban J connectivity index is 2.31. The van der Waals surface area contributed by atoms with Gasteiger partial charge < -0.3 is 5.11 Å². The van der Waals surface area contributed by atoms with Gasteiger partial charge in [0.2, 0.25) is 0 Å². The molecule has 1 heterocycles. The van der Waals surface area contributed by atoms with E-state index >= 15 is 0 Å². The molecule has 0 bridgehead atoms. The Bertz CT molecular complexity index is 522. The molecular weight excluding hydrogens is 270 g/mol. The van der Waals surface area contributed by atoms with Crippen molar-refractivity contribution in [2.75, 3.05) is 0 Å². The quantitative estimate of drug-likeness (QED) is 0.792. The summed E-state index contributed by atoms with van der Waals surface area (Å²) in [5, 5.41) is 9.38. The van der Waals surface area contributed by atoms with Crippen LogP contribution in [-0.2, 0) is 14.4 Å². The monoisotopic (exact) mass is 293 g/mol. The lowest BCUT2D eigenvalue weighted by Crippen LogP contribution is -2.54. The molecule has 1 N–H and O–H groups in total. The number of carboxylic acid groups (broad SMARTS) is 1.